The van der Waals surface area contributed by atoms with Crippen molar-refractivity contribution in [1.29, 1.82) is 0 Å². The highest BCUT2D eigenvalue weighted by Gasteiger charge is 2.50. The highest BCUT2D eigenvalue weighted by Crippen LogP contribution is 2.43. The van der Waals surface area contributed by atoms with Crippen molar-refractivity contribution < 1.29 is 9.53 Å². The predicted octanol–water partition coefficient (Wildman–Crippen LogP) is 0.183. The van der Waals surface area contributed by atoms with E-state index in [1.54, 1.807) is 0 Å². The lowest BCUT2D eigenvalue weighted by Crippen LogP contribution is -2.41. The molecule has 2 fully saturated rings. The molecule has 2 aliphatic heterocycles. The van der Waals surface area contributed by atoms with Gasteiger partial charge < -0.3 is 10.5 Å². The van der Waals surface area contributed by atoms with Gasteiger partial charge in [-0.05, 0) is 25.7 Å². The first-order chi connectivity index (χ1) is 4.73. The maximum atomic E-state index is 10.9. The zero-order chi connectivity index (χ0) is 7.19. The molecule has 56 valence electrons. The molecule has 0 aromatic heterocycles. The number of fused-ring (bicyclic) bond motifs is 2. The molecule has 0 aliphatic carbocycles. The lowest BCUT2D eigenvalue weighted by Gasteiger charge is -2.18. The van der Waals surface area contributed by atoms with Gasteiger partial charge >= 0.3 is 0 Å². The fraction of sp³-hybridized carbons (Fsp3) is 0.857. The van der Waals surface area contributed by atoms with Crippen LogP contribution < -0.4 is 5.73 Å². The van der Waals surface area contributed by atoms with Gasteiger partial charge in [0.1, 0.15) is 5.60 Å². The lowest BCUT2D eigenvalue weighted by molar-refractivity contribution is -0.136. The summed E-state index contributed by atoms with van der Waals surface area (Å²) in [6.07, 6.45) is 4.04. The minimum absolute atomic E-state index is 0.271. The molecule has 0 atom stereocenters. The van der Waals surface area contributed by atoms with Gasteiger partial charge in [0, 0.05) is 0 Å². The number of nitrogens with two attached hydrogens (primary N) is 1. The summed E-state index contributed by atoms with van der Waals surface area (Å²) in [6, 6.07) is 0. The highest BCUT2D eigenvalue weighted by molar-refractivity contribution is 5.84. The van der Waals surface area contributed by atoms with Gasteiger partial charge in [0.15, 0.2) is 0 Å². The molecule has 0 aromatic carbocycles. The predicted molar refractivity (Wildman–Crippen MR) is 35.3 cm³/mol. The smallest absolute Gasteiger partial charge is 0.249 e. The van der Waals surface area contributed by atoms with Crippen LogP contribution >= 0.6 is 0 Å². The Bertz CT molecular complexity index is 170. The van der Waals surface area contributed by atoms with Crippen LogP contribution in [-0.2, 0) is 9.53 Å². The Morgan fingerprint density at radius 1 is 1.50 bits per heavy atom. The third-order valence-electron chi connectivity index (χ3n) is 2.58. The molecule has 2 N–H and O–H groups in total. The maximum Gasteiger partial charge on any atom is 0.249 e. The monoisotopic (exact) mass is 141 g/mol. The van der Waals surface area contributed by atoms with E-state index in [0.29, 0.717) is 6.10 Å². The van der Waals surface area contributed by atoms with E-state index in [1.807, 2.05) is 0 Å². The minimum atomic E-state index is -0.551. The molecule has 1 amide bonds. The first-order valence-corrected chi connectivity index (χ1v) is 3.71. The molecule has 0 aromatic rings. The third kappa shape index (κ3) is 0.611. The van der Waals surface area contributed by atoms with E-state index in [1.165, 1.54) is 0 Å². The van der Waals surface area contributed by atoms with Crippen molar-refractivity contribution in [2.45, 2.75) is 37.4 Å². The number of primary amides is 1. The molecule has 0 saturated carbocycles. The van der Waals surface area contributed by atoms with Gasteiger partial charge in [-0.25, -0.2) is 0 Å². The summed E-state index contributed by atoms with van der Waals surface area (Å²) in [5.74, 6) is -0.271. The van der Waals surface area contributed by atoms with Crippen LogP contribution in [0.5, 0.6) is 0 Å². The van der Waals surface area contributed by atoms with E-state index in [2.05, 4.69) is 0 Å². The molecule has 2 heterocycles. The molecule has 0 spiro atoms. The summed E-state index contributed by atoms with van der Waals surface area (Å²) in [6.45, 7) is 0. The Hall–Kier alpha value is -0.570. The first-order valence-electron chi connectivity index (χ1n) is 3.71. The summed E-state index contributed by atoms with van der Waals surface area (Å²) in [7, 11) is 0. The molecule has 2 saturated heterocycles. The van der Waals surface area contributed by atoms with Crippen molar-refractivity contribution in [1.82, 2.24) is 0 Å². The number of hydrogen-bond acceptors (Lipinski definition) is 2. The van der Waals surface area contributed by atoms with Crippen LogP contribution in [0.25, 0.3) is 0 Å². The summed E-state index contributed by atoms with van der Waals surface area (Å²) in [5.41, 5.74) is 4.66. The van der Waals surface area contributed by atoms with E-state index < -0.39 is 5.60 Å². The van der Waals surface area contributed by atoms with Crippen LogP contribution in [0.3, 0.4) is 0 Å². The van der Waals surface area contributed by atoms with Crippen LogP contribution in [0.2, 0.25) is 0 Å². The normalized spacial score (nSPS) is 44.2. The number of carbonyl (C=O) groups is 1. The Balaban J connectivity index is 2.23. The molecule has 2 aliphatic rings. The fourth-order valence-electron chi connectivity index (χ4n) is 1.92. The lowest BCUT2D eigenvalue weighted by atomic mass is 9.88. The first kappa shape index (κ1) is 6.16. The van der Waals surface area contributed by atoms with Gasteiger partial charge in [0.2, 0.25) is 5.91 Å². The quantitative estimate of drug-likeness (QED) is 0.566. The van der Waals surface area contributed by atoms with E-state index >= 15 is 0 Å². The van der Waals surface area contributed by atoms with Gasteiger partial charge in [-0.15, -0.1) is 0 Å². The highest BCUT2D eigenvalue weighted by atomic mass is 16.5. The van der Waals surface area contributed by atoms with Crippen molar-refractivity contribution in [3.63, 3.8) is 0 Å². The van der Waals surface area contributed by atoms with Crippen LogP contribution in [0, 0.1) is 0 Å². The number of carbonyl (C=O) groups excluding carboxylic acids is 1. The molecular formula is C7H11NO2. The summed E-state index contributed by atoms with van der Waals surface area (Å²) in [5, 5.41) is 0. The van der Waals surface area contributed by atoms with Crippen molar-refractivity contribution in [3.8, 4) is 0 Å². The molecule has 2 rings (SSSR count). The second kappa shape index (κ2) is 1.72. The second-order valence-electron chi connectivity index (χ2n) is 3.18. The van der Waals surface area contributed by atoms with E-state index in [0.717, 1.165) is 25.7 Å². The zero-order valence-electron chi connectivity index (χ0n) is 5.80. The average Bonchev–Trinajstić information content (AvgIpc) is 2.45. The van der Waals surface area contributed by atoms with E-state index in [-0.39, 0.29) is 5.91 Å². The molecule has 0 radical (unpaired) electrons. The zero-order valence-corrected chi connectivity index (χ0v) is 5.80. The maximum absolute atomic E-state index is 10.9. The van der Waals surface area contributed by atoms with Crippen molar-refractivity contribution in [3.05, 3.63) is 0 Å². The molecular weight excluding hydrogens is 130 g/mol. The van der Waals surface area contributed by atoms with Crippen molar-refractivity contribution in [2.24, 2.45) is 5.73 Å². The largest absolute Gasteiger partial charge is 0.367 e. The standard InChI is InChI=1S/C7H11NO2/c8-6(9)7-3-1-5(10-7)2-4-7/h5H,1-4H2,(H2,8,9). The van der Waals surface area contributed by atoms with Gasteiger partial charge in [0.25, 0.3) is 0 Å². The fourth-order valence-corrected chi connectivity index (χ4v) is 1.92. The summed E-state index contributed by atoms with van der Waals surface area (Å²) in [4.78, 5) is 10.9. The minimum Gasteiger partial charge on any atom is -0.367 e. The Labute approximate surface area is 59.5 Å². The Morgan fingerprint density at radius 3 is 2.30 bits per heavy atom. The molecule has 10 heavy (non-hydrogen) atoms. The number of rotatable bonds is 1. The van der Waals surface area contributed by atoms with Crippen LogP contribution in [-0.4, -0.2) is 17.6 Å². The Kier molecular flexibility index (Phi) is 1.06. The molecule has 2 bridgehead atoms. The van der Waals surface area contributed by atoms with Crippen LogP contribution in [0.4, 0.5) is 0 Å². The SMILES string of the molecule is NC(=O)C12CCC(CC1)O2. The number of amides is 1. The van der Waals surface area contributed by atoms with Crippen molar-refractivity contribution in [2.75, 3.05) is 0 Å². The average molecular weight is 141 g/mol. The third-order valence-corrected chi connectivity index (χ3v) is 2.58. The summed E-state index contributed by atoms with van der Waals surface area (Å²) < 4.78 is 5.45. The number of hydrogen-bond donors (Lipinski definition) is 1. The summed E-state index contributed by atoms with van der Waals surface area (Å²) >= 11 is 0. The van der Waals surface area contributed by atoms with Gasteiger partial charge in [-0.2, -0.15) is 0 Å². The van der Waals surface area contributed by atoms with E-state index in [9.17, 15) is 4.79 Å². The van der Waals surface area contributed by atoms with Crippen molar-refractivity contribution >= 4 is 5.91 Å². The second-order valence-corrected chi connectivity index (χ2v) is 3.18. The Morgan fingerprint density at radius 2 is 2.10 bits per heavy atom. The van der Waals surface area contributed by atoms with Gasteiger partial charge in [0.05, 0.1) is 6.10 Å². The van der Waals surface area contributed by atoms with Gasteiger partial charge in [-0.1, -0.05) is 0 Å². The number of ether oxygens (including phenoxy) is 1. The molecule has 0 unspecified atom stereocenters. The van der Waals surface area contributed by atoms with E-state index in [4.69, 9.17) is 10.5 Å². The van der Waals surface area contributed by atoms with Crippen LogP contribution in [0.15, 0.2) is 0 Å². The topological polar surface area (TPSA) is 52.3 Å². The van der Waals surface area contributed by atoms with Crippen LogP contribution in [0.1, 0.15) is 25.7 Å². The molecule has 3 heteroatoms. The molecule has 3 nitrogen and oxygen atoms in total. The van der Waals surface area contributed by atoms with Gasteiger partial charge in [-0.3, -0.25) is 4.79 Å².